The molecule has 0 atom stereocenters. The van der Waals surface area contributed by atoms with Crippen LogP contribution in [0.5, 0.6) is 5.75 Å². The average molecular weight is 270 g/mol. The Balaban J connectivity index is 3.22. The molecule has 6 nitrogen and oxygen atoms in total. The van der Waals surface area contributed by atoms with Crippen molar-refractivity contribution in [1.29, 1.82) is 0 Å². The van der Waals surface area contributed by atoms with E-state index < -0.39 is 10.0 Å². The fraction of sp³-hybridized carbons (Fsp3) is 0.273. The Morgan fingerprint density at radius 2 is 2.00 bits per heavy atom. The molecular formula is C11H14N2O4S. The average Bonchev–Trinajstić information content (AvgIpc) is 2.35. The highest BCUT2D eigenvalue weighted by molar-refractivity contribution is 7.90. The van der Waals surface area contributed by atoms with Gasteiger partial charge in [0.15, 0.2) is 6.29 Å². The Bertz CT molecular complexity index is 564. The predicted octanol–water partition coefficient (Wildman–Crippen LogP) is 0.786. The van der Waals surface area contributed by atoms with E-state index in [9.17, 15) is 13.2 Å². The quantitative estimate of drug-likeness (QED) is 0.449. The van der Waals surface area contributed by atoms with Gasteiger partial charge in [0.1, 0.15) is 12.1 Å². The molecule has 0 N–H and O–H groups in total. The summed E-state index contributed by atoms with van der Waals surface area (Å²) in [6.45, 7) is 0. The van der Waals surface area contributed by atoms with Crippen LogP contribution in [-0.2, 0) is 10.0 Å². The summed E-state index contributed by atoms with van der Waals surface area (Å²) in [5, 5.41) is 0. The van der Waals surface area contributed by atoms with Crippen LogP contribution in [-0.4, -0.2) is 47.1 Å². The second-order valence-electron chi connectivity index (χ2n) is 3.68. The van der Waals surface area contributed by atoms with Crippen molar-refractivity contribution >= 4 is 22.6 Å². The number of rotatable bonds is 5. The van der Waals surface area contributed by atoms with Crippen LogP contribution in [0.4, 0.5) is 0 Å². The second-order valence-corrected chi connectivity index (χ2v) is 5.31. The van der Waals surface area contributed by atoms with Crippen molar-refractivity contribution in [3.05, 3.63) is 23.8 Å². The van der Waals surface area contributed by atoms with Gasteiger partial charge in [0.25, 0.3) is 10.0 Å². The van der Waals surface area contributed by atoms with Crippen molar-refractivity contribution in [3.8, 4) is 5.75 Å². The standard InChI is InChI=1S/C11H14N2O4S/c1-13(2)8-12-18(15,16)10-4-5-11(17-3)9(6-10)7-14/h4-8H,1-3H3/b12-8+. The van der Waals surface area contributed by atoms with Gasteiger partial charge in [0.2, 0.25) is 0 Å². The maximum absolute atomic E-state index is 11.8. The molecule has 0 unspecified atom stereocenters. The molecule has 0 heterocycles. The highest BCUT2D eigenvalue weighted by Gasteiger charge is 2.14. The zero-order valence-corrected chi connectivity index (χ0v) is 11.1. The molecule has 7 heteroatoms. The number of carbonyl (C=O) groups is 1. The monoisotopic (exact) mass is 270 g/mol. The SMILES string of the molecule is COc1ccc(S(=O)(=O)/N=C/N(C)C)cc1C=O. The summed E-state index contributed by atoms with van der Waals surface area (Å²) in [6, 6.07) is 3.99. The first-order valence-electron chi connectivity index (χ1n) is 5.01. The summed E-state index contributed by atoms with van der Waals surface area (Å²) in [4.78, 5) is 12.3. The lowest BCUT2D eigenvalue weighted by Crippen LogP contribution is -2.10. The van der Waals surface area contributed by atoms with Crippen molar-refractivity contribution in [2.75, 3.05) is 21.2 Å². The van der Waals surface area contributed by atoms with Gasteiger partial charge in [-0.3, -0.25) is 4.79 Å². The molecule has 0 saturated carbocycles. The Hall–Kier alpha value is -1.89. The molecule has 0 spiro atoms. The zero-order chi connectivity index (χ0) is 13.8. The van der Waals surface area contributed by atoms with Gasteiger partial charge in [-0.1, -0.05) is 0 Å². The predicted molar refractivity (Wildman–Crippen MR) is 67.7 cm³/mol. The first-order chi connectivity index (χ1) is 8.40. The van der Waals surface area contributed by atoms with Crippen molar-refractivity contribution in [2.45, 2.75) is 4.90 Å². The minimum atomic E-state index is -3.80. The number of hydrogen-bond acceptors (Lipinski definition) is 4. The molecular weight excluding hydrogens is 256 g/mol. The highest BCUT2D eigenvalue weighted by Crippen LogP contribution is 2.21. The van der Waals surface area contributed by atoms with Gasteiger partial charge in [0, 0.05) is 14.1 Å². The molecule has 98 valence electrons. The van der Waals surface area contributed by atoms with E-state index in [1.54, 1.807) is 14.1 Å². The van der Waals surface area contributed by atoms with Crippen molar-refractivity contribution < 1.29 is 17.9 Å². The molecule has 0 saturated heterocycles. The van der Waals surface area contributed by atoms with Crippen LogP contribution >= 0.6 is 0 Å². The summed E-state index contributed by atoms with van der Waals surface area (Å²) >= 11 is 0. The van der Waals surface area contributed by atoms with Gasteiger partial charge >= 0.3 is 0 Å². The van der Waals surface area contributed by atoms with Crippen LogP contribution < -0.4 is 4.74 Å². The van der Waals surface area contributed by atoms with Gasteiger partial charge < -0.3 is 9.64 Å². The number of ether oxygens (including phenoxy) is 1. The number of benzene rings is 1. The van der Waals surface area contributed by atoms with Gasteiger partial charge in [-0.25, -0.2) is 0 Å². The summed E-state index contributed by atoms with van der Waals surface area (Å²) in [5.74, 6) is 0.320. The normalized spacial score (nSPS) is 11.5. The summed E-state index contributed by atoms with van der Waals surface area (Å²) < 4.78 is 32.0. The molecule has 0 fully saturated rings. The molecule has 0 aliphatic carbocycles. The first-order valence-corrected chi connectivity index (χ1v) is 6.45. The summed E-state index contributed by atoms with van der Waals surface area (Å²) in [6.07, 6.45) is 1.72. The van der Waals surface area contributed by atoms with Gasteiger partial charge in [-0.05, 0) is 18.2 Å². The Morgan fingerprint density at radius 3 is 2.50 bits per heavy atom. The van der Waals surface area contributed by atoms with Crippen LogP contribution in [0.2, 0.25) is 0 Å². The van der Waals surface area contributed by atoms with E-state index in [1.165, 1.54) is 36.5 Å². The fourth-order valence-corrected chi connectivity index (χ4v) is 2.13. The maximum atomic E-state index is 11.8. The third-order valence-corrected chi connectivity index (χ3v) is 3.26. The maximum Gasteiger partial charge on any atom is 0.283 e. The molecule has 0 amide bonds. The largest absolute Gasteiger partial charge is 0.496 e. The highest BCUT2D eigenvalue weighted by atomic mass is 32.2. The smallest absolute Gasteiger partial charge is 0.283 e. The van der Waals surface area contributed by atoms with E-state index in [1.807, 2.05) is 0 Å². The molecule has 0 aliphatic heterocycles. The third kappa shape index (κ3) is 3.30. The van der Waals surface area contributed by atoms with Gasteiger partial charge in [0.05, 0.1) is 17.6 Å². The lowest BCUT2D eigenvalue weighted by atomic mass is 10.2. The molecule has 1 aromatic carbocycles. The van der Waals surface area contributed by atoms with Crippen LogP contribution in [0, 0.1) is 0 Å². The van der Waals surface area contributed by atoms with E-state index >= 15 is 0 Å². The van der Waals surface area contributed by atoms with E-state index in [0.717, 1.165) is 0 Å². The van der Waals surface area contributed by atoms with Crippen molar-refractivity contribution in [3.63, 3.8) is 0 Å². The van der Waals surface area contributed by atoms with Crippen LogP contribution in [0.3, 0.4) is 0 Å². The van der Waals surface area contributed by atoms with Crippen LogP contribution in [0.15, 0.2) is 27.5 Å². The molecule has 0 bridgehead atoms. The minimum Gasteiger partial charge on any atom is -0.496 e. The Labute approximate surface area is 106 Å². The van der Waals surface area contributed by atoms with Gasteiger partial charge in [-0.15, -0.1) is 4.40 Å². The minimum absolute atomic E-state index is 0.0523. The lowest BCUT2D eigenvalue weighted by Gasteiger charge is -2.06. The third-order valence-electron chi connectivity index (χ3n) is 2.04. The number of aldehydes is 1. The topological polar surface area (TPSA) is 76.0 Å². The molecule has 1 aromatic rings. The van der Waals surface area contributed by atoms with E-state index in [4.69, 9.17) is 4.74 Å². The molecule has 0 aliphatic rings. The first kappa shape index (κ1) is 14.2. The fourth-order valence-electron chi connectivity index (χ4n) is 1.18. The molecule has 0 aromatic heterocycles. The van der Waals surface area contributed by atoms with Crippen LogP contribution in [0.1, 0.15) is 10.4 Å². The number of nitrogens with zero attached hydrogens (tertiary/aromatic N) is 2. The van der Waals surface area contributed by atoms with Crippen molar-refractivity contribution in [1.82, 2.24) is 4.90 Å². The Morgan fingerprint density at radius 1 is 1.33 bits per heavy atom. The van der Waals surface area contributed by atoms with Crippen LogP contribution in [0.25, 0.3) is 0 Å². The molecule has 1 rings (SSSR count). The zero-order valence-electron chi connectivity index (χ0n) is 10.3. The van der Waals surface area contributed by atoms with E-state index in [-0.39, 0.29) is 10.5 Å². The lowest BCUT2D eigenvalue weighted by molar-refractivity contribution is 0.112. The number of carbonyl (C=O) groups excluding carboxylic acids is 1. The number of sulfonamides is 1. The van der Waals surface area contributed by atoms with Crippen molar-refractivity contribution in [2.24, 2.45) is 4.40 Å². The number of methoxy groups -OCH3 is 1. The van der Waals surface area contributed by atoms with Gasteiger partial charge in [-0.2, -0.15) is 8.42 Å². The summed E-state index contributed by atoms with van der Waals surface area (Å²) in [7, 11) is 0.917. The van der Waals surface area contributed by atoms with E-state index in [0.29, 0.717) is 12.0 Å². The molecule has 18 heavy (non-hydrogen) atoms. The molecule has 0 radical (unpaired) electrons. The van der Waals surface area contributed by atoms with E-state index in [2.05, 4.69) is 4.40 Å². The second kappa shape index (κ2) is 5.63. The number of hydrogen-bond donors (Lipinski definition) is 0. The summed E-state index contributed by atoms with van der Waals surface area (Å²) in [5.41, 5.74) is 0.165. The Kier molecular flexibility index (Phi) is 4.43.